The molecule has 0 bridgehead atoms. The first-order valence-electron chi connectivity index (χ1n) is 3.41. The van der Waals surface area contributed by atoms with Crippen LogP contribution in [0.15, 0.2) is 6.20 Å². The summed E-state index contributed by atoms with van der Waals surface area (Å²) in [6.45, 7) is 0. The van der Waals surface area contributed by atoms with Crippen LogP contribution >= 0.6 is 0 Å². The fourth-order valence-corrected chi connectivity index (χ4v) is 0.876. The SMILES string of the molecule is Cn1[c]c(-c2nnn(C)n2)cn1. The molecule has 0 saturated carbocycles. The van der Waals surface area contributed by atoms with Gasteiger partial charge in [-0.05, 0) is 5.21 Å². The van der Waals surface area contributed by atoms with Gasteiger partial charge >= 0.3 is 0 Å². The molecule has 61 valence electrons. The number of hydrogen-bond donors (Lipinski definition) is 0. The van der Waals surface area contributed by atoms with E-state index in [1.54, 1.807) is 25.0 Å². The van der Waals surface area contributed by atoms with Gasteiger partial charge in [-0.25, -0.2) is 0 Å². The van der Waals surface area contributed by atoms with Crippen molar-refractivity contribution in [3.8, 4) is 11.4 Å². The van der Waals surface area contributed by atoms with Crippen molar-refractivity contribution in [2.45, 2.75) is 0 Å². The third-order valence-electron chi connectivity index (χ3n) is 1.39. The molecule has 0 aliphatic rings. The molecule has 0 N–H and O–H groups in total. The molecule has 0 aliphatic heterocycles. The first-order chi connectivity index (χ1) is 5.75. The Kier molecular flexibility index (Phi) is 1.39. The Morgan fingerprint density at radius 3 is 2.75 bits per heavy atom. The summed E-state index contributed by atoms with van der Waals surface area (Å²) < 4.78 is 1.58. The summed E-state index contributed by atoms with van der Waals surface area (Å²) in [4.78, 5) is 1.40. The Balaban J connectivity index is 2.43. The van der Waals surface area contributed by atoms with Crippen LogP contribution in [0.1, 0.15) is 0 Å². The zero-order valence-corrected chi connectivity index (χ0v) is 6.76. The third kappa shape index (κ3) is 1.07. The number of hydrogen-bond acceptors (Lipinski definition) is 4. The van der Waals surface area contributed by atoms with Crippen LogP contribution < -0.4 is 0 Å². The maximum Gasteiger partial charge on any atom is 0.208 e. The number of aryl methyl sites for hydroxylation is 2. The van der Waals surface area contributed by atoms with Crippen molar-refractivity contribution < 1.29 is 0 Å². The highest BCUT2D eigenvalue weighted by Gasteiger charge is 2.05. The second kappa shape index (κ2) is 2.40. The van der Waals surface area contributed by atoms with Gasteiger partial charge in [0.1, 0.15) is 0 Å². The van der Waals surface area contributed by atoms with Crippen molar-refractivity contribution in [2.75, 3.05) is 0 Å². The number of rotatable bonds is 1. The highest BCUT2D eigenvalue weighted by molar-refractivity contribution is 5.49. The molecule has 6 nitrogen and oxygen atoms in total. The van der Waals surface area contributed by atoms with E-state index in [1.165, 1.54) is 4.80 Å². The first-order valence-corrected chi connectivity index (χ1v) is 3.41. The molecule has 0 fully saturated rings. The Morgan fingerprint density at radius 2 is 2.25 bits per heavy atom. The van der Waals surface area contributed by atoms with E-state index in [9.17, 15) is 0 Å². The Morgan fingerprint density at radius 1 is 1.42 bits per heavy atom. The lowest BCUT2D eigenvalue weighted by Gasteiger charge is -1.82. The highest BCUT2D eigenvalue weighted by atomic mass is 15.6. The van der Waals surface area contributed by atoms with Crippen molar-refractivity contribution >= 4 is 0 Å². The van der Waals surface area contributed by atoms with Crippen molar-refractivity contribution in [2.24, 2.45) is 14.1 Å². The van der Waals surface area contributed by atoms with Crippen LogP contribution in [0.3, 0.4) is 0 Å². The molecule has 0 aliphatic carbocycles. The topological polar surface area (TPSA) is 61.4 Å². The molecule has 12 heavy (non-hydrogen) atoms. The summed E-state index contributed by atoms with van der Waals surface area (Å²) in [5.74, 6) is 0.547. The summed E-state index contributed by atoms with van der Waals surface area (Å²) in [5.41, 5.74) is 0.755. The number of nitrogens with zero attached hydrogens (tertiary/aromatic N) is 6. The van der Waals surface area contributed by atoms with E-state index in [2.05, 4.69) is 26.7 Å². The summed E-state index contributed by atoms with van der Waals surface area (Å²) in [6, 6.07) is 0. The lowest BCUT2D eigenvalue weighted by atomic mass is 10.3. The minimum atomic E-state index is 0.547. The van der Waals surface area contributed by atoms with Crippen molar-refractivity contribution in [1.82, 2.24) is 30.0 Å². The Hall–Kier alpha value is -1.72. The quantitative estimate of drug-likeness (QED) is 0.563. The molecule has 2 rings (SSSR count). The molecule has 0 spiro atoms. The Labute approximate surface area is 68.8 Å². The Bertz CT molecular complexity index is 348. The van der Waals surface area contributed by atoms with Gasteiger partial charge in [0, 0.05) is 7.05 Å². The molecule has 0 atom stereocenters. The van der Waals surface area contributed by atoms with Gasteiger partial charge in [0.05, 0.1) is 25.0 Å². The van der Waals surface area contributed by atoms with Crippen LogP contribution in [0.4, 0.5) is 0 Å². The van der Waals surface area contributed by atoms with Gasteiger partial charge in [-0.15, -0.1) is 10.2 Å². The first kappa shape index (κ1) is 6.96. The molecular weight excluding hydrogens is 156 g/mol. The van der Waals surface area contributed by atoms with Crippen molar-refractivity contribution in [3.63, 3.8) is 0 Å². The zero-order chi connectivity index (χ0) is 8.55. The molecular formula is C6H7N6. The maximum absolute atomic E-state index is 4.00. The number of tetrazole rings is 1. The standard InChI is InChI=1S/C6H7N6/c1-11-4-5(3-7-11)6-8-10-12(2)9-6/h3H,1-2H3. The van der Waals surface area contributed by atoms with Gasteiger partial charge in [-0.3, -0.25) is 4.68 Å². The molecule has 0 amide bonds. The molecule has 2 aromatic heterocycles. The molecule has 2 heterocycles. The molecule has 2 aromatic rings. The van der Waals surface area contributed by atoms with Gasteiger partial charge in [-0.1, -0.05) is 0 Å². The van der Waals surface area contributed by atoms with Crippen molar-refractivity contribution in [3.05, 3.63) is 12.4 Å². The summed E-state index contributed by atoms with van der Waals surface area (Å²) in [6.07, 6.45) is 4.58. The summed E-state index contributed by atoms with van der Waals surface area (Å²) >= 11 is 0. The smallest absolute Gasteiger partial charge is 0.208 e. The number of aromatic nitrogens is 6. The lowest BCUT2D eigenvalue weighted by molar-refractivity contribution is 0.630. The fourth-order valence-electron chi connectivity index (χ4n) is 0.876. The lowest BCUT2D eigenvalue weighted by Crippen LogP contribution is -1.91. The van der Waals surface area contributed by atoms with E-state index in [0.29, 0.717) is 5.82 Å². The van der Waals surface area contributed by atoms with E-state index in [-0.39, 0.29) is 0 Å². The van der Waals surface area contributed by atoms with Gasteiger partial charge in [-0.2, -0.15) is 9.90 Å². The van der Waals surface area contributed by atoms with Crippen LogP contribution in [0.2, 0.25) is 0 Å². The van der Waals surface area contributed by atoms with Crippen LogP contribution in [-0.2, 0) is 14.1 Å². The second-order valence-corrected chi connectivity index (χ2v) is 2.40. The largest absolute Gasteiger partial charge is 0.266 e. The van der Waals surface area contributed by atoms with Crippen LogP contribution in [0.5, 0.6) is 0 Å². The summed E-state index contributed by atoms with van der Waals surface area (Å²) in [5, 5.41) is 15.5. The zero-order valence-electron chi connectivity index (χ0n) is 6.76. The average Bonchev–Trinajstić information content (AvgIpc) is 2.58. The molecule has 6 heteroatoms. The fraction of sp³-hybridized carbons (Fsp3) is 0.333. The van der Waals surface area contributed by atoms with Crippen LogP contribution in [-0.4, -0.2) is 30.0 Å². The molecule has 0 aromatic carbocycles. The predicted octanol–water partition coefficient (Wildman–Crippen LogP) is -0.589. The normalized spacial score (nSPS) is 10.5. The third-order valence-corrected chi connectivity index (χ3v) is 1.39. The van der Waals surface area contributed by atoms with E-state index in [0.717, 1.165) is 5.56 Å². The minimum Gasteiger partial charge on any atom is -0.266 e. The predicted molar refractivity (Wildman–Crippen MR) is 39.8 cm³/mol. The maximum atomic E-state index is 4.00. The van der Waals surface area contributed by atoms with Crippen molar-refractivity contribution in [1.29, 1.82) is 0 Å². The molecule has 1 radical (unpaired) electrons. The highest BCUT2D eigenvalue weighted by Crippen LogP contribution is 2.09. The van der Waals surface area contributed by atoms with E-state index < -0.39 is 0 Å². The monoisotopic (exact) mass is 163 g/mol. The van der Waals surface area contributed by atoms with Crippen LogP contribution in [0, 0.1) is 6.20 Å². The summed E-state index contributed by atoms with van der Waals surface area (Å²) in [7, 11) is 3.51. The minimum absolute atomic E-state index is 0.547. The molecule has 0 unspecified atom stereocenters. The van der Waals surface area contributed by atoms with Gasteiger partial charge in [0.25, 0.3) is 0 Å². The van der Waals surface area contributed by atoms with E-state index in [4.69, 9.17) is 0 Å². The van der Waals surface area contributed by atoms with Gasteiger partial charge in [0.2, 0.25) is 5.82 Å². The second-order valence-electron chi connectivity index (χ2n) is 2.40. The van der Waals surface area contributed by atoms with Crippen LogP contribution in [0.25, 0.3) is 11.4 Å². The van der Waals surface area contributed by atoms with E-state index >= 15 is 0 Å². The van der Waals surface area contributed by atoms with E-state index in [1.807, 2.05) is 0 Å². The average molecular weight is 163 g/mol. The van der Waals surface area contributed by atoms with Gasteiger partial charge < -0.3 is 0 Å². The molecule has 0 saturated heterocycles. The van der Waals surface area contributed by atoms with Gasteiger partial charge in [0.15, 0.2) is 0 Å².